The van der Waals surface area contributed by atoms with Gasteiger partial charge in [-0.2, -0.15) is 0 Å². The summed E-state index contributed by atoms with van der Waals surface area (Å²) in [5.74, 6) is -2.79. The highest BCUT2D eigenvalue weighted by Gasteiger charge is 2.34. The molecule has 3 atom stereocenters. The number of hydrogen-bond acceptors (Lipinski definition) is 6. The Kier molecular flexibility index (Phi) is 7.99. The topological polar surface area (TPSA) is 108 Å². The zero-order chi connectivity index (χ0) is 24.8. The minimum atomic E-state index is -0.963. The summed E-state index contributed by atoms with van der Waals surface area (Å²) >= 11 is 2.74. The molecule has 0 fully saturated rings. The molecule has 1 aliphatic carbocycles. The van der Waals surface area contributed by atoms with Gasteiger partial charge >= 0.3 is 5.97 Å². The van der Waals surface area contributed by atoms with Gasteiger partial charge in [-0.1, -0.05) is 48.6 Å². The number of carbonyl (C=O) groups is 3. The van der Waals surface area contributed by atoms with E-state index in [9.17, 15) is 19.5 Å². The quantitative estimate of drug-likeness (QED) is 0.273. The molecule has 1 heterocycles. The molecule has 3 N–H and O–H groups in total. The van der Waals surface area contributed by atoms with Crippen LogP contribution < -0.4 is 10.6 Å². The summed E-state index contributed by atoms with van der Waals surface area (Å²) in [5.41, 5.74) is 2.37. The Labute approximate surface area is 211 Å². The molecule has 0 saturated carbocycles. The maximum atomic E-state index is 12.7. The molecule has 9 heteroatoms. The molecule has 0 aliphatic heterocycles. The summed E-state index contributed by atoms with van der Waals surface area (Å²) in [4.78, 5) is 42.3. The van der Waals surface area contributed by atoms with E-state index in [1.54, 1.807) is 24.3 Å². The van der Waals surface area contributed by atoms with Crippen molar-refractivity contribution in [3.05, 3.63) is 72.1 Å². The average molecular weight is 508 g/mol. The molecule has 35 heavy (non-hydrogen) atoms. The Morgan fingerprint density at radius 1 is 1.03 bits per heavy atom. The number of benzene rings is 2. The fourth-order valence-corrected chi connectivity index (χ4v) is 5.45. The summed E-state index contributed by atoms with van der Waals surface area (Å²) in [5, 5.41) is 17.2. The number of anilines is 2. The number of nitrogens with zero attached hydrogens (tertiary/aromatic N) is 1. The van der Waals surface area contributed by atoms with Gasteiger partial charge in [0.1, 0.15) is 0 Å². The molecule has 2 amide bonds. The van der Waals surface area contributed by atoms with Crippen LogP contribution in [0.15, 0.2) is 77.0 Å². The van der Waals surface area contributed by atoms with Gasteiger partial charge in [0.2, 0.25) is 11.8 Å². The fourth-order valence-electron chi connectivity index (χ4n) is 3.80. The lowest BCUT2D eigenvalue weighted by Gasteiger charge is -2.24. The maximum Gasteiger partial charge on any atom is 0.307 e. The highest BCUT2D eigenvalue weighted by atomic mass is 32.2. The summed E-state index contributed by atoms with van der Waals surface area (Å²) < 4.78 is 0. The summed E-state index contributed by atoms with van der Waals surface area (Å²) in [6, 6.07) is 17.0. The third kappa shape index (κ3) is 6.37. The van der Waals surface area contributed by atoms with Crippen molar-refractivity contribution in [3.63, 3.8) is 0 Å². The zero-order valence-corrected chi connectivity index (χ0v) is 20.6. The summed E-state index contributed by atoms with van der Waals surface area (Å²) in [7, 11) is 0. The smallest absolute Gasteiger partial charge is 0.307 e. The lowest BCUT2D eigenvalue weighted by molar-refractivity contribution is -0.146. The Balaban J connectivity index is 1.35. The van der Waals surface area contributed by atoms with Gasteiger partial charge in [-0.05, 0) is 38.0 Å². The van der Waals surface area contributed by atoms with Crippen molar-refractivity contribution < 1.29 is 19.5 Å². The number of nitrogens with one attached hydrogen (secondary N) is 2. The lowest BCUT2D eigenvalue weighted by Crippen LogP contribution is -2.34. The molecule has 3 unspecified atom stereocenters. The predicted octanol–water partition coefficient (Wildman–Crippen LogP) is 5.53. The van der Waals surface area contributed by atoms with E-state index in [0.717, 1.165) is 16.2 Å². The largest absolute Gasteiger partial charge is 0.481 e. The number of hydrogen-bond donors (Lipinski definition) is 3. The minimum Gasteiger partial charge on any atom is -0.481 e. The lowest BCUT2D eigenvalue weighted by atomic mass is 9.82. The van der Waals surface area contributed by atoms with Gasteiger partial charge < -0.3 is 15.7 Å². The molecule has 0 spiro atoms. The molecule has 4 rings (SSSR count). The van der Waals surface area contributed by atoms with E-state index in [0.29, 0.717) is 23.7 Å². The SMILES string of the molecule is CC(Sc1cccc(NC(=O)C2CC=CCC2C(=O)O)c1)C(=O)Nc1nc(-c2ccccc2)cs1. The first-order valence-electron chi connectivity index (χ1n) is 11.2. The van der Waals surface area contributed by atoms with Gasteiger partial charge in [0.05, 0.1) is 22.8 Å². The van der Waals surface area contributed by atoms with E-state index in [4.69, 9.17) is 0 Å². The third-order valence-corrected chi connectivity index (χ3v) is 7.53. The molecule has 0 radical (unpaired) electrons. The first-order chi connectivity index (χ1) is 16.9. The number of thioether (sulfide) groups is 1. The van der Waals surface area contributed by atoms with Crippen LogP contribution in [0, 0.1) is 11.8 Å². The van der Waals surface area contributed by atoms with Crippen LogP contribution in [0.5, 0.6) is 0 Å². The van der Waals surface area contributed by atoms with E-state index in [-0.39, 0.29) is 11.8 Å². The van der Waals surface area contributed by atoms with E-state index in [1.165, 1.54) is 23.1 Å². The van der Waals surface area contributed by atoms with E-state index in [1.807, 2.05) is 54.8 Å². The molecular weight excluding hydrogens is 482 g/mol. The van der Waals surface area contributed by atoms with Crippen molar-refractivity contribution in [1.29, 1.82) is 0 Å². The average Bonchev–Trinajstić information content (AvgIpc) is 3.33. The zero-order valence-electron chi connectivity index (χ0n) is 19.0. The van der Waals surface area contributed by atoms with Crippen molar-refractivity contribution in [2.75, 3.05) is 10.6 Å². The Hall–Kier alpha value is -3.43. The normalized spacial score (nSPS) is 18.0. The third-order valence-electron chi connectivity index (χ3n) is 5.67. The van der Waals surface area contributed by atoms with Crippen LogP contribution >= 0.6 is 23.1 Å². The standard InChI is InChI=1S/C26H25N3O4S2/c1-16(23(30)29-26-28-22(15-34-26)17-8-3-2-4-9-17)35-19-11-7-10-18(14-19)27-24(31)20-12-5-6-13-21(20)25(32)33/h2-11,14-16,20-21H,12-13H2,1H3,(H,27,31)(H,32,33)(H,28,29,30). The van der Waals surface area contributed by atoms with Gasteiger partial charge in [-0.25, -0.2) is 4.98 Å². The van der Waals surface area contributed by atoms with E-state index >= 15 is 0 Å². The summed E-state index contributed by atoms with van der Waals surface area (Å²) in [6.45, 7) is 1.81. The van der Waals surface area contributed by atoms with E-state index < -0.39 is 23.1 Å². The van der Waals surface area contributed by atoms with Crippen LogP contribution in [-0.2, 0) is 14.4 Å². The van der Waals surface area contributed by atoms with E-state index in [2.05, 4.69) is 15.6 Å². The second-order valence-corrected chi connectivity index (χ2v) is 10.4. The van der Waals surface area contributed by atoms with Crippen LogP contribution in [0.4, 0.5) is 10.8 Å². The molecule has 7 nitrogen and oxygen atoms in total. The van der Waals surface area contributed by atoms with Gasteiger partial charge in [-0.15, -0.1) is 23.1 Å². The number of carbonyl (C=O) groups excluding carboxylic acids is 2. The molecule has 1 aromatic heterocycles. The van der Waals surface area contributed by atoms with Gasteiger partial charge in [0.25, 0.3) is 0 Å². The molecule has 3 aromatic rings. The number of carboxylic acid groups (broad SMARTS) is 1. The second-order valence-electron chi connectivity index (χ2n) is 8.16. The summed E-state index contributed by atoms with van der Waals surface area (Å²) in [6.07, 6.45) is 4.40. The highest BCUT2D eigenvalue weighted by Crippen LogP contribution is 2.30. The van der Waals surface area contributed by atoms with Crippen molar-refractivity contribution in [2.45, 2.75) is 29.9 Å². The first-order valence-corrected chi connectivity index (χ1v) is 12.9. The van der Waals surface area contributed by atoms with Crippen LogP contribution in [0.1, 0.15) is 19.8 Å². The Morgan fingerprint density at radius 3 is 2.51 bits per heavy atom. The fraction of sp³-hybridized carbons (Fsp3) is 0.231. The van der Waals surface area contributed by atoms with Gasteiger partial charge in [0.15, 0.2) is 5.13 Å². The molecule has 1 aliphatic rings. The van der Waals surface area contributed by atoms with Gasteiger partial charge in [-0.3, -0.25) is 14.4 Å². The van der Waals surface area contributed by atoms with Crippen molar-refractivity contribution >= 4 is 51.7 Å². The highest BCUT2D eigenvalue weighted by molar-refractivity contribution is 8.00. The molecule has 0 bridgehead atoms. The van der Waals surface area contributed by atoms with Crippen molar-refractivity contribution in [2.24, 2.45) is 11.8 Å². The van der Waals surface area contributed by atoms with Gasteiger partial charge in [0, 0.05) is 21.5 Å². The monoisotopic (exact) mass is 507 g/mol. The second kappa shape index (κ2) is 11.3. The van der Waals surface area contributed by atoms with Crippen LogP contribution in [0.25, 0.3) is 11.3 Å². The molecule has 0 saturated heterocycles. The van der Waals surface area contributed by atoms with Crippen LogP contribution in [0.3, 0.4) is 0 Å². The number of allylic oxidation sites excluding steroid dienone is 2. The Bertz CT molecular complexity index is 1240. The number of aliphatic carboxylic acids is 1. The van der Waals surface area contributed by atoms with Crippen molar-refractivity contribution in [3.8, 4) is 11.3 Å². The first kappa shape index (κ1) is 24.7. The van der Waals surface area contributed by atoms with Crippen LogP contribution in [0.2, 0.25) is 0 Å². The number of rotatable bonds is 8. The maximum absolute atomic E-state index is 12.7. The molecule has 2 aromatic carbocycles. The minimum absolute atomic E-state index is 0.170. The van der Waals surface area contributed by atoms with Crippen LogP contribution in [-0.4, -0.2) is 33.1 Å². The molecular formula is C26H25N3O4S2. The molecule has 180 valence electrons. The number of aromatic nitrogens is 1. The van der Waals surface area contributed by atoms with Crippen molar-refractivity contribution in [1.82, 2.24) is 4.98 Å². The number of amides is 2. The Morgan fingerprint density at radius 2 is 1.77 bits per heavy atom. The number of carboxylic acids is 1. The number of thiazole rings is 1. The predicted molar refractivity (Wildman–Crippen MR) is 140 cm³/mol.